The molecule has 2 aromatic heterocycles. The zero-order chi connectivity index (χ0) is 15.7. The lowest BCUT2D eigenvalue weighted by atomic mass is 10.1. The maximum atomic E-state index is 12.9. The van der Waals surface area contributed by atoms with Crippen LogP contribution in [0.1, 0.15) is 23.8 Å². The molecule has 0 aliphatic heterocycles. The van der Waals surface area contributed by atoms with Crippen LogP contribution in [0.2, 0.25) is 0 Å². The van der Waals surface area contributed by atoms with Gasteiger partial charge in [0.05, 0.1) is 0 Å². The first-order valence-electron chi connectivity index (χ1n) is 6.83. The lowest BCUT2D eigenvalue weighted by Gasteiger charge is -2.09. The minimum atomic E-state index is -2.62. The molecule has 0 atom stereocenters. The summed E-state index contributed by atoms with van der Waals surface area (Å²) in [5, 5.41) is 4.31. The molecule has 5 nitrogen and oxygen atoms in total. The minimum Gasteiger partial charge on any atom is -0.276 e. The van der Waals surface area contributed by atoms with Gasteiger partial charge in [-0.25, -0.2) is 14.6 Å². The predicted octanol–water partition coefficient (Wildman–Crippen LogP) is 3.20. The molecule has 0 unspecified atom stereocenters. The zero-order valence-electron chi connectivity index (χ0n) is 12.2. The van der Waals surface area contributed by atoms with Gasteiger partial charge >= 0.3 is 6.55 Å². The van der Waals surface area contributed by atoms with E-state index in [0.717, 1.165) is 15.7 Å². The molecule has 0 aliphatic carbocycles. The molecule has 0 aliphatic rings. The van der Waals surface area contributed by atoms with E-state index in [4.69, 9.17) is 0 Å². The second-order valence-corrected chi connectivity index (χ2v) is 4.98. The van der Waals surface area contributed by atoms with Crippen molar-refractivity contribution in [3.8, 4) is 11.4 Å². The molecule has 22 heavy (non-hydrogen) atoms. The molecule has 0 saturated heterocycles. The Hall–Kier alpha value is -2.57. The van der Waals surface area contributed by atoms with Crippen LogP contribution in [0.15, 0.2) is 36.7 Å². The van der Waals surface area contributed by atoms with E-state index in [2.05, 4.69) is 15.1 Å². The maximum absolute atomic E-state index is 12.9. The van der Waals surface area contributed by atoms with Gasteiger partial charge in [-0.3, -0.25) is 4.57 Å². The highest BCUT2D eigenvalue weighted by atomic mass is 19.3. The first-order chi connectivity index (χ1) is 10.6. The van der Waals surface area contributed by atoms with Crippen LogP contribution < -0.4 is 0 Å². The number of hydrogen-bond acceptors (Lipinski definition) is 3. The summed E-state index contributed by atoms with van der Waals surface area (Å²) in [7, 11) is 0. The smallest absolute Gasteiger partial charge is 0.276 e. The molecule has 7 heteroatoms. The molecule has 0 saturated carbocycles. The van der Waals surface area contributed by atoms with Crippen LogP contribution in [0.5, 0.6) is 0 Å². The second-order valence-electron chi connectivity index (χ2n) is 4.98. The average molecular weight is 303 g/mol. The van der Waals surface area contributed by atoms with Crippen molar-refractivity contribution in [2.45, 2.75) is 26.9 Å². The molecule has 0 radical (unpaired) electrons. The Morgan fingerprint density at radius 2 is 1.95 bits per heavy atom. The van der Waals surface area contributed by atoms with Gasteiger partial charge in [-0.15, -0.1) is 0 Å². The summed E-state index contributed by atoms with van der Waals surface area (Å²) in [5.41, 5.74) is 1.98. The number of benzene rings is 1. The Morgan fingerprint density at radius 1 is 1.18 bits per heavy atom. The lowest BCUT2D eigenvalue weighted by Crippen LogP contribution is -2.11. The van der Waals surface area contributed by atoms with Gasteiger partial charge in [0.25, 0.3) is 0 Å². The first-order valence-corrected chi connectivity index (χ1v) is 6.83. The second kappa shape index (κ2) is 5.67. The van der Waals surface area contributed by atoms with Crippen molar-refractivity contribution < 1.29 is 8.78 Å². The minimum absolute atomic E-state index is 0.141. The van der Waals surface area contributed by atoms with E-state index in [9.17, 15) is 8.78 Å². The van der Waals surface area contributed by atoms with Crippen LogP contribution in [0.4, 0.5) is 8.78 Å². The van der Waals surface area contributed by atoms with Gasteiger partial charge < -0.3 is 0 Å². The monoisotopic (exact) mass is 303 g/mol. The molecule has 1 aromatic carbocycles. The highest BCUT2D eigenvalue weighted by Crippen LogP contribution is 2.22. The number of imidazole rings is 1. The maximum Gasteiger partial charge on any atom is 0.319 e. The van der Waals surface area contributed by atoms with Crippen molar-refractivity contribution in [2.24, 2.45) is 0 Å². The van der Waals surface area contributed by atoms with E-state index >= 15 is 0 Å². The molecule has 3 rings (SSSR count). The number of alkyl halides is 2. The lowest BCUT2D eigenvalue weighted by molar-refractivity contribution is 0.0666. The summed E-state index contributed by atoms with van der Waals surface area (Å²) >= 11 is 0. The molecule has 0 fully saturated rings. The van der Waals surface area contributed by atoms with Crippen molar-refractivity contribution in [3.63, 3.8) is 0 Å². The number of aromatic nitrogens is 5. The van der Waals surface area contributed by atoms with Gasteiger partial charge in [-0.05, 0) is 19.4 Å². The molecule has 2 heterocycles. The largest absolute Gasteiger partial charge is 0.319 e. The van der Waals surface area contributed by atoms with Crippen molar-refractivity contribution in [2.75, 3.05) is 0 Å². The summed E-state index contributed by atoms with van der Waals surface area (Å²) in [6.07, 6.45) is 2.62. The summed E-state index contributed by atoms with van der Waals surface area (Å²) < 4.78 is 28.3. The van der Waals surface area contributed by atoms with E-state index < -0.39 is 6.55 Å². The van der Waals surface area contributed by atoms with Crippen LogP contribution >= 0.6 is 0 Å². The van der Waals surface area contributed by atoms with Gasteiger partial charge in [0.1, 0.15) is 18.2 Å². The summed E-state index contributed by atoms with van der Waals surface area (Å²) in [4.78, 5) is 8.42. The normalized spacial score (nSPS) is 11.3. The van der Waals surface area contributed by atoms with E-state index in [0.29, 0.717) is 11.6 Å². The summed E-state index contributed by atoms with van der Waals surface area (Å²) in [6, 6.07) is 7.77. The van der Waals surface area contributed by atoms with Crippen molar-refractivity contribution in [3.05, 3.63) is 53.9 Å². The summed E-state index contributed by atoms with van der Waals surface area (Å²) in [6.45, 7) is 1.27. The Labute approximate surface area is 126 Å². The van der Waals surface area contributed by atoms with Crippen molar-refractivity contribution in [1.82, 2.24) is 24.3 Å². The van der Waals surface area contributed by atoms with Crippen molar-refractivity contribution in [1.29, 1.82) is 0 Å². The van der Waals surface area contributed by atoms with E-state index in [1.54, 1.807) is 11.6 Å². The third kappa shape index (κ3) is 2.61. The molecule has 3 aromatic rings. The average Bonchev–Trinajstić information content (AvgIpc) is 3.07. The topological polar surface area (TPSA) is 48.5 Å². The fraction of sp³-hybridized carbons (Fsp3) is 0.267. The molecule has 0 spiro atoms. The van der Waals surface area contributed by atoms with Gasteiger partial charge in [0, 0.05) is 18.0 Å². The Kier molecular flexibility index (Phi) is 3.70. The number of halogens is 2. The Balaban J connectivity index is 2.02. The predicted molar refractivity (Wildman–Crippen MR) is 77.5 cm³/mol. The molecule has 114 valence electrons. The highest BCUT2D eigenvalue weighted by Gasteiger charge is 2.16. The molecular formula is C15H15F2N5. The summed E-state index contributed by atoms with van der Waals surface area (Å²) in [5.74, 6) is 1.49. The SMILES string of the molecule is Cc1nc(-c2ccccc2C)n(Cc2nccn2C(F)F)n1. The van der Waals surface area contributed by atoms with Crippen LogP contribution in [-0.2, 0) is 6.54 Å². The number of nitrogens with zero attached hydrogens (tertiary/aromatic N) is 5. The quantitative estimate of drug-likeness (QED) is 0.743. The van der Waals surface area contributed by atoms with E-state index in [-0.39, 0.29) is 12.4 Å². The first kappa shape index (κ1) is 14.4. The van der Waals surface area contributed by atoms with Crippen LogP contribution in [0.25, 0.3) is 11.4 Å². The number of hydrogen-bond donors (Lipinski definition) is 0. The van der Waals surface area contributed by atoms with Gasteiger partial charge in [-0.1, -0.05) is 24.3 Å². The molecule has 0 amide bonds. The van der Waals surface area contributed by atoms with Gasteiger partial charge in [0.2, 0.25) is 0 Å². The zero-order valence-corrected chi connectivity index (χ0v) is 12.2. The molecular weight excluding hydrogens is 288 g/mol. The van der Waals surface area contributed by atoms with Crippen LogP contribution in [-0.4, -0.2) is 24.3 Å². The molecule has 0 bridgehead atoms. The number of aryl methyl sites for hydroxylation is 2. The van der Waals surface area contributed by atoms with Crippen molar-refractivity contribution >= 4 is 0 Å². The fourth-order valence-electron chi connectivity index (χ4n) is 2.37. The van der Waals surface area contributed by atoms with E-state index in [1.165, 1.54) is 12.4 Å². The Morgan fingerprint density at radius 3 is 2.68 bits per heavy atom. The van der Waals surface area contributed by atoms with Gasteiger partial charge in [-0.2, -0.15) is 13.9 Å². The number of rotatable bonds is 4. The van der Waals surface area contributed by atoms with Crippen LogP contribution in [0, 0.1) is 13.8 Å². The third-order valence-corrected chi connectivity index (χ3v) is 3.41. The fourth-order valence-corrected chi connectivity index (χ4v) is 2.37. The standard InChI is InChI=1S/C15H15F2N5/c1-10-5-3-4-6-12(10)14-19-11(2)20-22(14)9-13-18-7-8-21(13)15(16)17/h3-8,15H,9H2,1-2H3. The van der Waals surface area contributed by atoms with E-state index in [1.807, 2.05) is 31.2 Å². The highest BCUT2D eigenvalue weighted by molar-refractivity contribution is 5.60. The molecule has 0 N–H and O–H groups in total. The Bertz CT molecular complexity index is 791. The third-order valence-electron chi connectivity index (χ3n) is 3.41. The van der Waals surface area contributed by atoms with Gasteiger partial charge in [0.15, 0.2) is 5.82 Å². The van der Waals surface area contributed by atoms with Crippen LogP contribution in [0.3, 0.4) is 0 Å².